The van der Waals surface area contributed by atoms with E-state index in [2.05, 4.69) is 29.0 Å². The number of nitrogens with zero attached hydrogens (tertiary/aromatic N) is 2. The summed E-state index contributed by atoms with van der Waals surface area (Å²) in [7, 11) is 0. The molecule has 0 radical (unpaired) electrons. The van der Waals surface area contributed by atoms with Crippen LogP contribution in [0.4, 0.5) is 5.95 Å². The van der Waals surface area contributed by atoms with Crippen molar-refractivity contribution in [2.24, 2.45) is 5.92 Å². The van der Waals surface area contributed by atoms with Gasteiger partial charge in [-0.05, 0) is 36.6 Å². The Labute approximate surface area is 106 Å². The molecule has 0 amide bonds. The monoisotopic (exact) mass is 246 g/mol. The van der Waals surface area contributed by atoms with E-state index in [1.165, 1.54) is 0 Å². The van der Waals surface area contributed by atoms with E-state index in [4.69, 9.17) is 10.5 Å². The molecule has 0 fully saturated rings. The lowest BCUT2D eigenvalue weighted by atomic mass is 10.1. The normalized spacial score (nSPS) is 10.8. The van der Waals surface area contributed by atoms with Gasteiger partial charge in [-0.15, -0.1) is 5.10 Å². The smallest absolute Gasteiger partial charge is 0.239 e. The SMILES string of the molecule is CC(C)CCOc1ccc(-c2nc(N)n[nH]2)cc1. The van der Waals surface area contributed by atoms with Crippen LogP contribution in [0.5, 0.6) is 5.75 Å². The molecule has 0 aliphatic heterocycles. The number of rotatable bonds is 5. The van der Waals surface area contributed by atoms with Crippen LogP contribution >= 0.6 is 0 Å². The summed E-state index contributed by atoms with van der Waals surface area (Å²) < 4.78 is 5.64. The molecule has 0 saturated heterocycles. The van der Waals surface area contributed by atoms with E-state index in [9.17, 15) is 0 Å². The van der Waals surface area contributed by atoms with E-state index in [1.54, 1.807) is 0 Å². The van der Waals surface area contributed by atoms with Gasteiger partial charge in [-0.25, -0.2) is 0 Å². The van der Waals surface area contributed by atoms with Crippen LogP contribution in [0.15, 0.2) is 24.3 Å². The minimum absolute atomic E-state index is 0.252. The Morgan fingerprint density at radius 3 is 2.56 bits per heavy atom. The summed E-state index contributed by atoms with van der Waals surface area (Å²) in [6, 6.07) is 7.72. The molecule has 0 aliphatic rings. The molecule has 0 spiro atoms. The first-order valence-electron chi connectivity index (χ1n) is 6.06. The van der Waals surface area contributed by atoms with E-state index in [0.717, 1.165) is 24.3 Å². The van der Waals surface area contributed by atoms with Crippen LogP contribution in [0.1, 0.15) is 20.3 Å². The minimum Gasteiger partial charge on any atom is -0.494 e. The number of ether oxygens (including phenoxy) is 1. The topological polar surface area (TPSA) is 76.8 Å². The Balaban J connectivity index is 1.97. The molecule has 5 heteroatoms. The largest absolute Gasteiger partial charge is 0.494 e. The first kappa shape index (κ1) is 12.4. The molecular formula is C13H18N4O. The summed E-state index contributed by atoms with van der Waals surface area (Å²) in [6.07, 6.45) is 1.06. The summed E-state index contributed by atoms with van der Waals surface area (Å²) in [6.45, 7) is 5.10. The highest BCUT2D eigenvalue weighted by Gasteiger charge is 2.03. The lowest BCUT2D eigenvalue weighted by Gasteiger charge is -2.08. The van der Waals surface area contributed by atoms with Crippen molar-refractivity contribution in [1.29, 1.82) is 0 Å². The quantitative estimate of drug-likeness (QED) is 0.849. The summed E-state index contributed by atoms with van der Waals surface area (Å²) >= 11 is 0. The van der Waals surface area contributed by atoms with Gasteiger partial charge in [0.05, 0.1) is 6.61 Å². The van der Waals surface area contributed by atoms with E-state index >= 15 is 0 Å². The molecule has 18 heavy (non-hydrogen) atoms. The van der Waals surface area contributed by atoms with Crippen molar-refractivity contribution in [3.63, 3.8) is 0 Å². The van der Waals surface area contributed by atoms with Crippen LogP contribution in [0, 0.1) is 5.92 Å². The third-order valence-corrected chi connectivity index (χ3v) is 2.59. The fourth-order valence-electron chi connectivity index (χ4n) is 1.53. The van der Waals surface area contributed by atoms with Crippen LogP contribution in [0.3, 0.4) is 0 Å². The van der Waals surface area contributed by atoms with Gasteiger partial charge in [0.15, 0.2) is 5.82 Å². The van der Waals surface area contributed by atoms with Crippen molar-refractivity contribution < 1.29 is 4.74 Å². The third-order valence-electron chi connectivity index (χ3n) is 2.59. The molecule has 0 unspecified atom stereocenters. The Bertz CT molecular complexity index is 490. The third kappa shape index (κ3) is 3.23. The number of nitrogen functional groups attached to an aromatic ring is 1. The summed E-state index contributed by atoms with van der Waals surface area (Å²) in [5.74, 6) is 2.44. The van der Waals surface area contributed by atoms with E-state index in [-0.39, 0.29) is 5.95 Å². The van der Waals surface area contributed by atoms with Gasteiger partial charge in [0.25, 0.3) is 0 Å². The lowest BCUT2D eigenvalue weighted by Crippen LogP contribution is -2.01. The first-order valence-corrected chi connectivity index (χ1v) is 6.06. The average Bonchev–Trinajstić information content (AvgIpc) is 2.76. The number of H-pyrrole nitrogens is 1. The van der Waals surface area contributed by atoms with Crippen molar-refractivity contribution in [3.05, 3.63) is 24.3 Å². The van der Waals surface area contributed by atoms with Crippen molar-refractivity contribution in [2.45, 2.75) is 20.3 Å². The van der Waals surface area contributed by atoms with Gasteiger partial charge in [-0.3, -0.25) is 5.10 Å². The van der Waals surface area contributed by atoms with Gasteiger partial charge >= 0.3 is 0 Å². The fraction of sp³-hybridized carbons (Fsp3) is 0.385. The molecular weight excluding hydrogens is 228 g/mol. The Morgan fingerprint density at radius 2 is 2.00 bits per heavy atom. The zero-order valence-corrected chi connectivity index (χ0v) is 10.7. The number of anilines is 1. The molecule has 1 aromatic heterocycles. The van der Waals surface area contributed by atoms with Crippen LogP contribution < -0.4 is 10.5 Å². The van der Waals surface area contributed by atoms with Crippen molar-refractivity contribution in [3.8, 4) is 17.1 Å². The molecule has 0 saturated carbocycles. The molecule has 1 heterocycles. The molecule has 2 rings (SSSR count). The first-order chi connectivity index (χ1) is 8.65. The molecule has 96 valence electrons. The number of aromatic amines is 1. The summed E-state index contributed by atoms with van der Waals surface area (Å²) in [4.78, 5) is 4.07. The molecule has 3 N–H and O–H groups in total. The number of hydrogen-bond acceptors (Lipinski definition) is 4. The lowest BCUT2D eigenvalue weighted by molar-refractivity contribution is 0.289. The van der Waals surface area contributed by atoms with E-state index < -0.39 is 0 Å². The predicted octanol–water partition coefficient (Wildman–Crippen LogP) is 2.48. The summed E-state index contributed by atoms with van der Waals surface area (Å²) in [5.41, 5.74) is 6.40. The Morgan fingerprint density at radius 1 is 1.28 bits per heavy atom. The number of nitrogens with one attached hydrogen (secondary N) is 1. The minimum atomic E-state index is 0.252. The second kappa shape index (κ2) is 5.53. The van der Waals surface area contributed by atoms with Crippen LogP contribution in [-0.4, -0.2) is 21.8 Å². The maximum Gasteiger partial charge on any atom is 0.239 e. The second-order valence-electron chi connectivity index (χ2n) is 4.60. The molecule has 1 aromatic carbocycles. The number of benzene rings is 1. The molecule has 0 atom stereocenters. The molecule has 2 aromatic rings. The van der Waals surface area contributed by atoms with Crippen molar-refractivity contribution in [2.75, 3.05) is 12.3 Å². The molecule has 0 aliphatic carbocycles. The van der Waals surface area contributed by atoms with Crippen LogP contribution in [0.2, 0.25) is 0 Å². The van der Waals surface area contributed by atoms with Crippen molar-refractivity contribution >= 4 is 5.95 Å². The van der Waals surface area contributed by atoms with Crippen LogP contribution in [-0.2, 0) is 0 Å². The van der Waals surface area contributed by atoms with Gasteiger partial charge in [0, 0.05) is 5.56 Å². The van der Waals surface area contributed by atoms with Gasteiger partial charge in [-0.1, -0.05) is 13.8 Å². The fourth-order valence-corrected chi connectivity index (χ4v) is 1.53. The Kier molecular flexibility index (Phi) is 3.82. The maximum absolute atomic E-state index is 5.64. The highest BCUT2D eigenvalue weighted by Crippen LogP contribution is 2.19. The highest BCUT2D eigenvalue weighted by molar-refractivity contribution is 5.56. The predicted molar refractivity (Wildman–Crippen MR) is 71.2 cm³/mol. The van der Waals surface area contributed by atoms with E-state index in [0.29, 0.717) is 11.7 Å². The number of aromatic nitrogens is 3. The zero-order valence-electron chi connectivity index (χ0n) is 10.7. The molecule has 0 bridgehead atoms. The van der Waals surface area contributed by atoms with Crippen molar-refractivity contribution in [1.82, 2.24) is 15.2 Å². The van der Waals surface area contributed by atoms with Gasteiger partial charge in [0.2, 0.25) is 5.95 Å². The van der Waals surface area contributed by atoms with Crippen LogP contribution in [0.25, 0.3) is 11.4 Å². The maximum atomic E-state index is 5.64. The number of nitrogens with two attached hydrogens (primary N) is 1. The summed E-state index contributed by atoms with van der Waals surface area (Å²) in [5, 5.41) is 6.57. The number of hydrogen-bond donors (Lipinski definition) is 2. The van der Waals surface area contributed by atoms with Gasteiger partial charge in [-0.2, -0.15) is 4.98 Å². The average molecular weight is 246 g/mol. The van der Waals surface area contributed by atoms with Gasteiger partial charge in [0.1, 0.15) is 5.75 Å². The Hall–Kier alpha value is -2.04. The molecule has 5 nitrogen and oxygen atoms in total. The zero-order chi connectivity index (χ0) is 13.0. The van der Waals surface area contributed by atoms with E-state index in [1.807, 2.05) is 24.3 Å². The van der Waals surface area contributed by atoms with Gasteiger partial charge < -0.3 is 10.5 Å². The second-order valence-corrected chi connectivity index (χ2v) is 4.60. The standard InChI is InChI=1S/C13H18N4O/c1-9(2)7-8-18-11-5-3-10(4-6-11)12-15-13(14)17-16-12/h3-6,9H,7-8H2,1-2H3,(H3,14,15,16,17). The highest BCUT2D eigenvalue weighted by atomic mass is 16.5.